The number of hydrogen-bond donors (Lipinski definition) is 2. The van der Waals surface area contributed by atoms with Crippen LogP contribution < -0.4 is 16.0 Å². The molecule has 34 heavy (non-hydrogen) atoms. The molecule has 1 saturated heterocycles. The Morgan fingerprint density at radius 1 is 1.26 bits per heavy atom. The van der Waals surface area contributed by atoms with Gasteiger partial charge in [0, 0.05) is 55.2 Å². The number of carbonyl (C=O) groups is 1. The SMILES string of the molecule is CCn1ccc2cc(C(=O)N[C@H]3CCc4nc(N5CC(C(F)(F)F)[C@@H](N)C5)ccc4C3)cnc21. The third-order valence-electron chi connectivity index (χ3n) is 6.90. The minimum absolute atomic E-state index is 0.0431. The molecule has 0 bridgehead atoms. The summed E-state index contributed by atoms with van der Waals surface area (Å²) in [6.07, 6.45) is 1.23. The van der Waals surface area contributed by atoms with Gasteiger partial charge >= 0.3 is 6.18 Å². The van der Waals surface area contributed by atoms with Gasteiger partial charge in [-0.25, -0.2) is 9.97 Å². The van der Waals surface area contributed by atoms with Crippen molar-refractivity contribution in [3.05, 3.63) is 53.5 Å². The van der Waals surface area contributed by atoms with Crippen molar-refractivity contribution in [2.45, 2.75) is 51.0 Å². The minimum Gasteiger partial charge on any atom is -0.354 e. The Hall–Kier alpha value is -3.14. The lowest BCUT2D eigenvalue weighted by Crippen LogP contribution is -2.39. The lowest BCUT2D eigenvalue weighted by atomic mass is 9.91. The quantitative estimate of drug-likeness (QED) is 0.609. The molecule has 2 aliphatic rings. The Kier molecular flexibility index (Phi) is 5.71. The van der Waals surface area contributed by atoms with E-state index in [0.717, 1.165) is 28.8 Å². The predicted octanol–water partition coefficient (Wildman–Crippen LogP) is 3.06. The number of nitrogens with two attached hydrogens (primary N) is 1. The van der Waals surface area contributed by atoms with Crippen LogP contribution in [0, 0.1) is 5.92 Å². The van der Waals surface area contributed by atoms with Gasteiger partial charge in [0.1, 0.15) is 11.5 Å². The number of nitrogens with zero attached hydrogens (tertiary/aromatic N) is 4. The second kappa shape index (κ2) is 8.57. The van der Waals surface area contributed by atoms with Crippen molar-refractivity contribution in [3.8, 4) is 0 Å². The monoisotopic (exact) mass is 472 g/mol. The number of nitrogens with one attached hydrogen (secondary N) is 1. The molecule has 5 rings (SSSR count). The third kappa shape index (κ3) is 4.22. The first kappa shape index (κ1) is 22.6. The molecule has 3 aromatic heterocycles. The van der Waals surface area contributed by atoms with Gasteiger partial charge in [-0.3, -0.25) is 4.79 Å². The highest BCUT2D eigenvalue weighted by Gasteiger charge is 2.48. The molecular formula is C24H27F3N6O. The van der Waals surface area contributed by atoms with Gasteiger partial charge in [0.25, 0.3) is 5.91 Å². The summed E-state index contributed by atoms with van der Waals surface area (Å²) < 4.78 is 41.5. The number of aryl methyl sites for hydroxylation is 2. The van der Waals surface area contributed by atoms with Crippen LogP contribution in [0.5, 0.6) is 0 Å². The van der Waals surface area contributed by atoms with Crippen molar-refractivity contribution in [3.63, 3.8) is 0 Å². The zero-order valence-corrected chi connectivity index (χ0v) is 18.8. The number of anilines is 1. The molecule has 1 aliphatic heterocycles. The second-order valence-corrected chi connectivity index (χ2v) is 9.14. The number of halogens is 3. The molecule has 1 unspecified atom stereocenters. The van der Waals surface area contributed by atoms with Crippen molar-refractivity contribution >= 4 is 22.8 Å². The fourth-order valence-electron chi connectivity index (χ4n) is 4.99. The van der Waals surface area contributed by atoms with Crippen LogP contribution in [0.4, 0.5) is 19.0 Å². The molecule has 3 N–H and O–H groups in total. The molecule has 0 aromatic carbocycles. The first-order chi connectivity index (χ1) is 16.2. The Balaban J connectivity index is 1.25. The van der Waals surface area contributed by atoms with Crippen LogP contribution in [-0.2, 0) is 19.4 Å². The van der Waals surface area contributed by atoms with E-state index in [0.29, 0.717) is 30.6 Å². The molecule has 3 aromatic rings. The molecule has 4 heterocycles. The van der Waals surface area contributed by atoms with E-state index >= 15 is 0 Å². The highest BCUT2D eigenvalue weighted by atomic mass is 19.4. The van der Waals surface area contributed by atoms with E-state index in [2.05, 4.69) is 15.3 Å². The number of pyridine rings is 2. The van der Waals surface area contributed by atoms with E-state index in [1.54, 1.807) is 17.2 Å². The Morgan fingerprint density at radius 2 is 2.09 bits per heavy atom. The average Bonchev–Trinajstić information content (AvgIpc) is 3.41. The fraction of sp³-hybridized carbons (Fsp3) is 0.458. The van der Waals surface area contributed by atoms with E-state index in [1.165, 1.54) is 0 Å². The average molecular weight is 473 g/mol. The van der Waals surface area contributed by atoms with Crippen molar-refractivity contribution in [1.82, 2.24) is 19.9 Å². The molecule has 0 saturated carbocycles. The number of hydrogen-bond acceptors (Lipinski definition) is 5. The largest absolute Gasteiger partial charge is 0.395 e. The van der Waals surface area contributed by atoms with Crippen LogP contribution >= 0.6 is 0 Å². The molecule has 0 radical (unpaired) electrons. The summed E-state index contributed by atoms with van der Waals surface area (Å²) in [5.74, 6) is -1.18. The highest BCUT2D eigenvalue weighted by Crippen LogP contribution is 2.35. The van der Waals surface area contributed by atoms with Crippen molar-refractivity contribution in [2.75, 3.05) is 18.0 Å². The first-order valence-corrected chi connectivity index (χ1v) is 11.5. The highest BCUT2D eigenvalue weighted by molar-refractivity contribution is 5.97. The smallest absolute Gasteiger partial charge is 0.354 e. The molecule has 7 nitrogen and oxygen atoms in total. The summed E-state index contributed by atoms with van der Waals surface area (Å²) in [6.45, 7) is 2.82. The normalized spacial score (nSPS) is 22.7. The Bertz CT molecular complexity index is 1220. The van der Waals surface area contributed by atoms with Gasteiger partial charge in [0.2, 0.25) is 0 Å². The summed E-state index contributed by atoms with van der Waals surface area (Å²) in [4.78, 5) is 23.5. The van der Waals surface area contributed by atoms with Gasteiger partial charge in [-0.1, -0.05) is 6.07 Å². The van der Waals surface area contributed by atoms with Crippen LogP contribution in [0.1, 0.15) is 35.0 Å². The summed E-state index contributed by atoms with van der Waals surface area (Å²) in [7, 11) is 0. The van der Waals surface area contributed by atoms with Gasteiger partial charge in [-0.2, -0.15) is 13.2 Å². The number of aromatic nitrogens is 3. The van der Waals surface area contributed by atoms with Crippen molar-refractivity contribution < 1.29 is 18.0 Å². The number of alkyl halides is 3. The lowest BCUT2D eigenvalue weighted by molar-refractivity contribution is -0.171. The number of carbonyl (C=O) groups excluding carboxylic acids is 1. The van der Waals surface area contributed by atoms with Crippen LogP contribution in [0.15, 0.2) is 36.7 Å². The van der Waals surface area contributed by atoms with Crippen LogP contribution in [-0.4, -0.2) is 51.8 Å². The maximum absolute atomic E-state index is 13.2. The van der Waals surface area contributed by atoms with Gasteiger partial charge in [0.15, 0.2) is 0 Å². The standard InChI is InChI=1S/C24H27F3N6O/c1-2-32-8-7-15-9-16(11-29-22(15)32)23(34)30-17-4-5-20-14(10-17)3-6-21(31-20)33-12-18(19(28)13-33)24(25,26)27/h3,6-9,11,17-19H,2,4-5,10,12-13,28H2,1H3,(H,30,34)/t17-,18?,19-/m0/s1. The van der Waals surface area contributed by atoms with Crippen molar-refractivity contribution in [1.29, 1.82) is 0 Å². The fourth-order valence-corrected chi connectivity index (χ4v) is 4.99. The number of fused-ring (bicyclic) bond motifs is 2. The van der Waals surface area contributed by atoms with Gasteiger partial charge in [0.05, 0.1) is 11.5 Å². The topological polar surface area (TPSA) is 89.1 Å². The number of rotatable bonds is 4. The molecule has 1 fully saturated rings. The lowest BCUT2D eigenvalue weighted by Gasteiger charge is -2.26. The molecule has 0 spiro atoms. The zero-order chi connectivity index (χ0) is 24.0. The maximum atomic E-state index is 13.2. The van der Waals surface area contributed by atoms with Crippen LogP contribution in [0.2, 0.25) is 0 Å². The molecule has 1 amide bonds. The van der Waals surface area contributed by atoms with Gasteiger partial charge in [-0.15, -0.1) is 0 Å². The zero-order valence-electron chi connectivity index (χ0n) is 18.8. The molecule has 3 atom stereocenters. The minimum atomic E-state index is -4.31. The van der Waals surface area contributed by atoms with Crippen molar-refractivity contribution in [2.24, 2.45) is 11.7 Å². The third-order valence-corrected chi connectivity index (χ3v) is 6.90. The Morgan fingerprint density at radius 3 is 2.82 bits per heavy atom. The molecule has 1 aliphatic carbocycles. The van der Waals surface area contributed by atoms with Gasteiger partial charge in [-0.05, 0) is 49.9 Å². The van der Waals surface area contributed by atoms with E-state index in [4.69, 9.17) is 5.73 Å². The number of amides is 1. The van der Waals surface area contributed by atoms with Crippen LogP contribution in [0.3, 0.4) is 0 Å². The van der Waals surface area contributed by atoms with E-state index in [9.17, 15) is 18.0 Å². The molecule has 10 heteroatoms. The molecule has 180 valence electrons. The first-order valence-electron chi connectivity index (χ1n) is 11.5. The summed E-state index contributed by atoms with van der Waals surface area (Å²) in [5.41, 5.74) is 9.00. The second-order valence-electron chi connectivity index (χ2n) is 9.14. The predicted molar refractivity (Wildman–Crippen MR) is 123 cm³/mol. The van der Waals surface area contributed by atoms with Crippen LogP contribution in [0.25, 0.3) is 11.0 Å². The van der Waals surface area contributed by atoms with E-state index in [1.807, 2.05) is 35.9 Å². The van der Waals surface area contributed by atoms with E-state index < -0.39 is 18.1 Å². The summed E-state index contributed by atoms with van der Waals surface area (Å²) >= 11 is 0. The molecular weight excluding hydrogens is 445 g/mol. The summed E-state index contributed by atoms with van der Waals surface area (Å²) in [6, 6.07) is 6.47. The maximum Gasteiger partial charge on any atom is 0.395 e. The van der Waals surface area contributed by atoms with Gasteiger partial charge < -0.3 is 20.5 Å². The van der Waals surface area contributed by atoms with E-state index in [-0.39, 0.29) is 25.0 Å². The Labute approximate surface area is 195 Å². The summed E-state index contributed by atoms with van der Waals surface area (Å²) in [5, 5.41) is 4.02.